The van der Waals surface area contributed by atoms with Crippen molar-refractivity contribution in [2.24, 2.45) is 0 Å². The highest BCUT2D eigenvalue weighted by molar-refractivity contribution is 9.10. The molecule has 2 unspecified atom stereocenters. The van der Waals surface area contributed by atoms with Crippen molar-refractivity contribution in [3.05, 3.63) is 28.2 Å². The molecule has 0 bridgehead atoms. The van der Waals surface area contributed by atoms with E-state index in [1.807, 2.05) is 0 Å². The van der Waals surface area contributed by atoms with Gasteiger partial charge in [-0.2, -0.15) is 0 Å². The molecule has 1 N–H and O–H groups in total. The summed E-state index contributed by atoms with van der Waals surface area (Å²) in [4.78, 5) is 14.8. The summed E-state index contributed by atoms with van der Waals surface area (Å²) in [5, 5.41) is 0. The van der Waals surface area contributed by atoms with Crippen molar-refractivity contribution in [3.63, 3.8) is 0 Å². The summed E-state index contributed by atoms with van der Waals surface area (Å²) in [7, 11) is 0. The number of aromatic nitrogens is 1. The molecular weight excluding hydrogens is 366 g/mol. The van der Waals surface area contributed by atoms with Gasteiger partial charge in [0.05, 0.1) is 0 Å². The fourth-order valence-corrected chi connectivity index (χ4v) is 2.76. The first-order chi connectivity index (χ1) is 9.66. The maximum absolute atomic E-state index is 14.0. The number of aldehydes is 1. The van der Waals surface area contributed by atoms with Crippen LogP contribution >= 0.6 is 15.9 Å². The summed E-state index contributed by atoms with van der Waals surface area (Å²) in [5.41, 5.74) is -2.03. The van der Waals surface area contributed by atoms with Gasteiger partial charge in [-0.15, -0.1) is 4.72 Å². The standard InChI is InChI=1S/C13H17BrF2N2O2S/c1-12(2,3)21(20)18-13(8-15,6-7-19)11-9(16)4-5-10(14)17-11/h4-5,7,18H,6,8H2,1-3H3. The number of nitrogens with zero attached hydrogens (tertiary/aromatic N) is 1. The van der Waals surface area contributed by atoms with Gasteiger partial charge in [-0.05, 0) is 48.8 Å². The van der Waals surface area contributed by atoms with Gasteiger partial charge in [0.15, 0.2) is 0 Å². The average Bonchev–Trinajstić information content (AvgIpc) is 2.39. The number of rotatable bonds is 6. The van der Waals surface area contributed by atoms with Gasteiger partial charge in [-0.1, -0.05) is 0 Å². The summed E-state index contributed by atoms with van der Waals surface area (Å²) in [6.45, 7) is 3.94. The molecule has 0 saturated carbocycles. The highest BCUT2D eigenvalue weighted by Gasteiger charge is 2.43. The molecule has 8 heteroatoms. The first-order valence-electron chi connectivity index (χ1n) is 6.18. The first kappa shape index (κ1) is 18.5. The Labute approximate surface area is 134 Å². The van der Waals surface area contributed by atoms with Crippen molar-refractivity contribution in [2.45, 2.75) is 37.5 Å². The molecule has 0 radical (unpaired) electrons. The molecule has 1 aromatic rings. The fourth-order valence-electron chi connectivity index (χ4n) is 1.56. The number of carbonyl (C=O) groups excluding carboxylic acids is 1. The molecule has 0 aliphatic rings. The van der Waals surface area contributed by atoms with Crippen molar-refractivity contribution in [1.82, 2.24) is 9.71 Å². The van der Waals surface area contributed by atoms with Gasteiger partial charge in [-0.3, -0.25) is 0 Å². The zero-order chi connectivity index (χ0) is 16.3. The third kappa shape index (κ3) is 4.45. The lowest BCUT2D eigenvalue weighted by molar-refractivity contribution is -0.109. The molecule has 1 aromatic heterocycles. The van der Waals surface area contributed by atoms with E-state index >= 15 is 0 Å². The van der Waals surface area contributed by atoms with Crippen molar-refractivity contribution in [1.29, 1.82) is 0 Å². The molecule has 0 fully saturated rings. The maximum atomic E-state index is 14.0. The monoisotopic (exact) mass is 382 g/mol. The van der Waals surface area contributed by atoms with Crippen LogP contribution in [0.5, 0.6) is 0 Å². The fraction of sp³-hybridized carbons (Fsp3) is 0.538. The second-order valence-electron chi connectivity index (χ2n) is 5.53. The minimum Gasteiger partial charge on any atom is -0.598 e. The summed E-state index contributed by atoms with van der Waals surface area (Å²) in [5.74, 6) is -0.767. The van der Waals surface area contributed by atoms with Gasteiger partial charge < -0.3 is 9.35 Å². The Morgan fingerprint density at radius 1 is 1.48 bits per heavy atom. The summed E-state index contributed by atoms with van der Waals surface area (Å²) < 4.78 is 42.1. The van der Waals surface area contributed by atoms with Gasteiger partial charge in [0.25, 0.3) is 0 Å². The van der Waals surface area contributed by atoms with Crippen LogP contribution in [-0.4, -0.2) is 27.2 Å². The van der Waals surface area contributed by atoms with E-state index in [0.717, 1.165) is 6.07 Å². The number of nitrogens with one attached hydrogen (secondary N) is 1. The Morgan fingerprint density at radius 3 is 2.57 bits per heavy atom. The Bertz CT molecular complexity index is 513. The molecule has 0 saturated heterocycles. The molecule has 118 valence electrons. The maximum Gasteiger partial charge on any atom is 0.147 e. The molecule has 1 rings (SSSR count). The molecule has 0 aromatic carbocycles. The minimum atomic E-state index is -1.76. The van der Waals surface area contributed by atoms with Crippen molar-refractivity contribution >= 4 is 33.6 Å². The number of halogens is 3. The van der Waals surface area contributed by atoms with Crippen LogP contribution in [0.15, 0.2) is 16.7 Å². The van der Waals surface area contributed by atoms with Crippen LogP contribution in [0.1, 0.15) is 32.9 Å². The van der Waals surface area contributed by atoms with Gasteiger partial charge in [0.2, 0.25) is 0 Å². The molecule has 1 heterocycles. The number of alkyl halides is 1. The molecule has 21 heavy (non-hydrogen) atoms. The molecule has 0 spiro atoms. The van der Waals surface area contributed by atoms with Crippen LogP contribution in [0.2, 0.25) is 0 Å². The highest BCUT2D eigenvalue weighted by atomic mass is 79.9. The third-order valence-corrected chi connectivity index (χ3v) is 4.90. The zero-order valence-corrected chi connectivity index (χ0v) is 14.4. The first-order valence-corrected chi connectivity index (χ1v) is 8.12. The van der Waals surface area contributed by atoms with E-state index in [1.165, 1.54) is 6.07 Å². The van der Waals surface area contributed by atoms with E-state index in [0.29, 0.717) is 10.9 Å². The average molecular weight is 383 g/mol. The Kier molecular flexibility index (Phi) is 6.27. The lowest BCUT2D eigenvalue weighted by Crippen LogP contribution is -2.53. The van der Waals surface area contributed by atoms with E-state index in [1.54, 1.807) is 20.8 Å². The van der Waals surface area contributed by atoms with E-state index in [-0.39, 0.29) is 12.1 Å². The van der Waals surface area contributed by atoms with Gasteiger partial charge in [0.1, 0.15) is 39.4 Å². The second-order valence-corrected chi connectivity index (χ2v) is 8.31. The van der Waals surface area contributed by atoms with Gasteiger partial charge in [-0.25, -0.2) is 13.8 Å². The van der Waals surface area contributed by atoms with E-state index in [9.17, 15) is 18.1 Å². The number of carbonyl (C=O) groups is 1. The Hall–Kier alpha value is -0.570. The highest BCUT2D eigenvalue weighted by Crippen LogP contribution is 2.30. The summed E-state index contributed by atoms with van der Waals surface area (Å²) in [6.07, 6.45) is 0.0696. The van der Waals surface area contributed by atoms with Crippen LogP contribution in [0.4, 0.5) is 8.78 Å². The lowest BCUT2D eigenvalue weighted by Gasteiger charge is -2.34. The molecular formula is C13H17BrF2N2O2S. The van der Waals surface area contributed by atoms with Crippen LogP contribution in [0, 0.1) is 5.82 Å². The quantitative estimate of drug-likeness (QED) is 0.466. The zero-order valence-electron chi connectivity index (χ0n) is 12.0. The number of hydrogen-bond acceptors (Lipinski definition) is 4. The van der Waals surface area contributed by atoms with Crippen molar-refractivity contribution in [3.8, 4) is 0 Å². The predicted octanol–water partition coefficient (Wildman–Crippen LogP) is 2.79. The largest absolute Gasteiger partial charge is 0.598 e. The molecule has 2 atom stereocenters. The summed E-state index contributed by atoms with van der Waals surface area (Å²) in [6, 6.07) is 2.48. The molecule has 0 aliphatic carbocycles. The minimum absolute atomic E-state index is 0.274. The third-order valence-electron chi connectivity index (χ3n) is 2.77. The SMILES string of the molecule is CC(C)(C)[S+]([O-])NC(CF)(CC=O)c1nc(Br)ccc1F. The van der Waals surface area contributed by atoms with Crippen molar-refractivity contribution < 1.29 is 18.1 Å². The van der Waals surface area contributed by atoms with Gasteiger partial charge in [0, 0.05) is 17.8 Å². The van der Waals surface area contributed by atoms with Crippen LogP contribution in [0.3, 0.4) is 0 Å². The second kappa shape index (κ2) is 7.13. The van der Waals surface area contributed by atoms with E-state index < -0.39 is 34.1 Å². The van der Waals surface area contributed by atoms with Crippen LogP contribution in [-0.2, 0) is 21.7 Å². The Balaban J connectivity index is 3.32. The molecule has 0 amide bonds. The predicted molar refractivity (Wildman–Crippen MR) is 81.3 cm³/mol. The number of pyridine rings is 1. The van der Waals surface area contributed by atoms with Gasteiger partial charge >= 0.3 is 0 Å². The lowest BCUT2D eigenvalue weighted by atomic mass is 9.93. The topological polar surface area (TPSA) is 65.0 Å². The molecule has 0 aliphatic heterocycles. The van der Waals surface area contributed by atoms with E-state index in [2.05, 4.69) is 25.6 Å². The summed E-state index contributed by atoms with van der Waals surface area (Å²) >= 11 is 1.39. The normalized spacial score (nSPS) is 16.3. The van der Waals surface area contributed by atoms with Crippen LogP contribution in [0.25, 0.3) is 0 Å². The number of hydrogen-bond donors (Lipinski definition) is 1. The Morgan fingerprint density at radius 2 is 2.10 bits per heavy atom. The molecule has 4 nitrogen and oxygen atoms in total. The smallest absolute Gasteiger partial charge is 0.147 e. The van der Waals surface area contributed by atoms with Crippen molar-refractivity contribution in [2.75, 3.05) is 6.67 Å². The van der Waals surface area contributed by atoms with Crippen LogP contribution < -0.4 is 4.72 Å². The van der Waals surface area contributed by atoms with E-state index in [4.69, 9.17) is 0 Å².